The molecule has 178 valence electrons. The number of aryl methyl sites for hydroxylation is 2. The molecule has 1 N–H and O–H groups in total. The molecule has 1 atom stereocenters. The topological polar surface area (TPSA) is 89.6 Å². The summed E-state index contributed by atoms with van der Waals surface area (Å²) in [5, 5.41) is 19.2. The van der Waals surface area contributed by atoms with E-state index in [1.54, 1.807) is 11.3 Å². The number of benzene rings is 2. The van der Waals surface area contributed by atoms with Gasteiger partial charge in [-0.2, -0.15) is 0 Å². The van der Waals surface area contributed by atoms with Gasteiger partial charge in [0.2, 0.25) is 0 Å². The third-order valence-electron chi connectivity index (χ3n) is 6.24. The van der Waals surface area contributed by atoms with Gasteiger partial charge in [-0.1, -0.05) is 36.4 Å². The van der Waals surface area contributed by atoms with Crippen LogP contribution in [0.25, 0.3) is 16.1 Å². The molecule has 0 saturated heterocycles. The van der Waals surface area contributed by atoms with Gasteiger partial charge < -0.3 is 9.84 Å². The van der Waals surface area contributed by atoms with Crippen molar-refractivity contribution in [2.24, 2.45) is 4.99 Å². The number of fused-ring (bicyclic) bond motifs is 3. The summed E-state index contributed by atoms with van der Waals surface area (Å²) in [5.41, 5.74) is 6.00. The molecule has 0 saturated carbocycles. The molecule has 0 spiro atoms. The summed E-state index contributed by atoms with van der Waals surface area (Å²) in [6.45, 7) is 8.66. The van der Waals surface area contributed by atoms with Gasteiger partial charge in [0.05, 0.1) is 18.7 Å². The Labute approximate surface area is 207 Å². The molecule has 1 aliphatic heterocycles. The number of aromatic nitrogens is 3. The zero-order valence-corrected chi connectivity index (χ0v) is 20.9. The van der Waals surface area contributed by atoms with Gasteiger partial charge in [-0.05, 0) is 56.5 Å². The maximum Gasteiger partial charge on any atom is 0.306 e. The van der Waals surface area contributed by atoms with Gasteiger partial charge in [0.25, 0.3) is 0 Å². The molecular formula is C27H26N4O3S. The highest BCUT2D eigenvalue weighted by Gasteiger charge is 2.32. The first-order valence-electron chi connectivity index (χ1n) is 11.5. The number of aliphatic carboxylic acids is 1. The normalized spacial score (nSPS) is 14.6. The monoisotopic (exact) mass is 486 g/mol. The van der Waals surface area contributed by atoms with E-state index < -0.39 is 12.0 Å². The van der Waals surface area contributed by atoms with Crippen molar-refractivity contribution in [3.63, 3.8) is 0 Å². The van der Waals surface area contributed by atoms with Crippen LogP contribution < -0.4 is 4.74 Å². The molecule has 0 amide bonds. The highest BCUT2D eigenvalue weighted by molar-refractivity contribution is 7.15. The van der Waals surface area contributed by atoms with Gasteiger partial charge in [-0.25, -0.2) is 0 Å². The number of carboxylic acids is 1. The SMILES string of the molecule is CCOc1cccc(-c2ccc(C3=N[C@@H](CC(=O)O)c4nnc(C)n4-c4sc(C)c(C)c43)cc2)c1. The van der Waals surface area contributed by atoms with Crippen LogP contribution in [-0.2, 0) is 4.79 Å². The lowest BCUT2D eigenvalue weighted by Crippen LogP contribution is -2.10. The van der Waals surface area contributed by atoms with Gasteiger partial charge in [-0.15, -0.1) is 21.5 Å². The van der Waals surface area contributed by atoms with Crippen LogP contribution in [0.2, 0.25) is 0 Å². The lowest BCUT2D eigenvalue weighted by Gasteiger charge is -2.12. The molecule has 0 unspecified atom stereocenters. The van der Waals surface area contributed by atoms with Crippen LogP contribution in [0.15, 0.2) is 53.5 Å². The van der Waals surface area contributed by atoms with E-state index in [9.17, 15) is 9.90 Å². The molecule has 3 heterocycles. The van der Waals surface area contributed by atoms with Crippen molar-refractivity contribution in [3.05, 3.63) is 81.7 Å². The Bertz CT molecular complexity index is 1450. The Balaban J connectivity index is 1.64. The van der Waals surface area contributed by atoms with E-state index in [2.05, 4.69) is 54.4 Å². The molecule has 7 nitrogen and oxygen atoms in total. The molecule has 5 rings (SSSR count). The summed E-state index contributed by atoms with van der Waals surface area (Å²) in [7, 11) is 0. The standard InChI is InChI=1S/C27H26N4O3S/c1-5-34-21-8-6-7-20(13-21)18-9-11-19(12-10-18)25-24-15(2)16(3)35-27(24)31-17(4)29-30-26(31)22(28-25)14-23(32)33/h6-13,22H,5,14H2,1-4H3,(H,32,33)/t22-/m0/s1. The first kappa shape index (κ1) is 23.0. The molecule has 0 radical (unpaired) electrons. The van der Waals surface area contributed by atoms with Gasteiger partial charge in [0.1, 0.15) is 22.6 Å². The quantitative estimate of drug-likeness (QED) is 0.378. The number of rotatable bonds is 6. The van der Waals surface area contributed by atoms with E-state index in [0.29, 0.717) is 12.4 Å². The zero-order chi connectivity index (χ0) is 24.7. The predicted molar refractivity (Wildman–Crippen MR) is 137 cm³/mol. The fourth-order valence-electron chi connectivity index (χ4n) is 4.44. The fraction of sp³-hybridized carbons (Fsp3) is 0.259. The number of hydrogen-bond acceptors (Lipinski definition) is 6. The molecule has 35 heavy (non-hydrogen) atoms. The summed E-state index contributed by atoms with van der Waals surface area (Å²) >= 11 is 1.66. The Morgan fingerprint density at radius 1 is 1.06 bits per heavy atom. The molecule has 2 aromatic carbocycles. The minimum absolute atomic E-state index is 0.156. The first-order valence-corrected chi connectivity index (χ1v) is 12.3. The van der Waals surface area contributed by atoms with Crippen LogP contribution in [0.5, 0.6) is 5.75 Å². The van der Waals surface area contributed by atoms with Crippen molar-refractivity contribution in [3.8, 4) is 21.9 Å². The van der Waals surface area contributed by atoms with Crippen LogP contribution in [0.4, 0.5) is 0 Å². The fourth-order valence-corrected chi connectivity index (χ4v) is 5.66. The minimum Gasteiger partial charge on any atom is -0.494 e. The Hall–Kier alpha value is -3.78. The van der Waals surface area contributed by atoms with Crippen molar-refractivity contribution in [1.29, 1.82) is 0 Å². The van der Waals surface area contributed by atoms with E-state index in [1.807, 2.05) is 36.6 Å². The molecule has 0 aliphatic carbocycles. The molecule has 4 aromatic rings. The average Bonchev–Trinajstić information content (AvgIpc) is 3.31. The molecule has 1 aliphatic rings. The Kier molecular flexibility index (Phi) is 5.98. The van der Waals surface area contributed by atoms with Crippen LogP contribution in [0, 0.1) is 20.8 Å². The lowest BCUT2D eigenvalue weighted by molar-refractivity contribution is -0.137. The van der Waals surface area contributed by atoms with E-state index in [-0.39, 0.29) is 6.42 Å². The number of aliphatic imine (C=N–C) groups is 1. The third kappa shape index (κ3) is 4.14. The number of nitrogens with zero attached hydrogens (tertiary/aromatic N) is 4. The second-order valence-electron chi connectivity index (χ2n) is 8.53. The molecule has 2 aromatic heterocycles. The van der Waals surface area contributed by atoms with Gasteiger partial charge >= 0.3 is 5.97 Å². The van der Waals surface area contributed by atoms with Crippen LogP contribution in [-0.4, -0.2) is 38.2 Å². The summed E-state index contributed by atoms with van der Waals surface area (Å²) in [5.74, 6) is 1.20. The van der Waals surface area contributed by atoms with E-state index >= 15 is 0 Å². The highest BCUT2D eigenvalue weighted by Crippen LogP contribution is 2.39. The molecule has 8 heteroatoms. The van der Waals surface area contributed by atoms with Gasteiger partial charge in [0.15, 0.2) is 5.82 Å². The van der Waals surface area contributed by atoms with E-state index in [4.69, 9.17) is 9.73 Å². The molecule has 0 fully saturated rings. The lowest BCUT2D eigenvalue weighted by atomic mass is 9.97. The average molecular weight is 487 g/mol. The third-order valence-corrected chi connectivity index (χ3v) is 7.44. The summed E-state index contributed by atoms with van der Waals surface area (Å²) in [4.78, 5) is 17.9. The zero-order valence-electron chi connectivity index (χ0n) is 20.1. The second kappa shape index (κ2) is 9.11. The predicted octanol–water partition coefficient (Wildman–Crippen LogP) is 5.69. The van der Waals surface area contributed by atoms with Crippen LogP contribution >= 0.6 is 11.3 Å². The number of carboxylic acid groups (broad SMARTS) is 1. The Morgan fingerprint density at radius 2 is 1.80 bits per heavy atom. The van der Waals surface area contributed by atoms with Gasteiger partial charge in [-0.3, -0.25) is 14.4 Å². The van der Waals surface area contributed by atoms with Gasteiger partial charge in [0, 0.05) is 16.0 Å². The number of hydrogen-bond donors (Lipinski definition) is 1. The summed E-state index contributed by atoms with van der Waals surface area (Å²) in [6, 6.07) is 15.6. The number of carbonyl (C=O) groups is 1. The summed E-state index contributed by atoms with van der Waals surface area (Å²) < 4.78 is 7.62. The second-order valence-corrected chi connectivity index (χ2v) is 9.74. The van der Waals surface area contributed by atoms with Crippen LogP contribution in [0.1, 0.15) is 52.6 Å². The number of ether oxygens (including phenoxy) is 1. The largest absolute Gasteiger partial charge is 0.494 e. The maximum absolute atomic E-state index is 11.7. The molecular weight excluding hydrogens is 460 g/mol. The first-order chi connectivity index (χ1) is 16.9. The van der Waals surface area contributed by atoms with Crippen molar-refractivity contribution >= 4 is 23.0 Å². The van der Waals surface area contributed by atoms with E-state index in [1.165, 1.54) is 4.88 Å². The van der Waals surface area contributed by atoms with Crippen molar-refractivity contribution in [2.45, 2.75) is 40.2 Å². The summed E-state index contributed by atoms with van der Waals surface area (Å²) in [6.07, 6.45) is -0.156. The van der Waals surface area contributed by atoms with Crippen molar-refractivity contribution < 1.29 is 14.6 Å². The maximum atomic E-state index is 11.7. The van der Waals surface area contributed by atoms with Crippen molar-refractivity contribution in [1.82, 2.24) is 14.8 Å². The highest BCUT2D eigenvalue weighted by atomic mass is 32.1. The number of thiophene rings is 1. The van der Waals surface area contributed by atoms with Crippen molar-refractivity contribution in [2.75, 3.05) is 6.61 Å². The molecule has 0 bridgehead atoms. The minimum atomic E-state index is -0.923. The smallest absolute Gasteiger partial charge is 0.306 e. The van der Waals surface area contributed by atoms with E-state index in [0.717, 1.165) is 50.1 Å². The Morgan fingerprint density at radius 3 is 2.51 bits per heavy atom. The van der Waals surface area contributed by atoms with Crippen LogP contribution in [0.3, 0.4) is 0 Å².